The maximum atomic E-state index is 12.3. The zero-order valence-corrected chi connectivity index (χ0v) is 20.7. The number of rotatable bonds is 6. The van der Waals surface area contributed by atoms with E-state index >= 15 is 0 Å². The van der Waals surface area contributed by atoms with Crippen molar-refractivity contribution in [3.8, 4) is 16.9 Å². The molecule has 2 aromatic carbocycles. The van der Waals surface area contributed by atoms with Crippen LogP contribution in [0.25, 0.3) is 11.1 Å². The number of hydrogen-bond acceptors (Lipinski definition) is 4. The van der Waals surface area contributed by atoms with Gasteiger partial charge in [-0.05, 0) is 86.9 Å². The van der Waals surface area contributed by atoms with Crippen LogP contribution >= 0.6 is 0 Å². The first-order valence-corrected chi connectivity index (χ1v) is 13.1. The van der Waals surface area contributed by atoms with E-state index in [1.54, 1.807) is 26.2 Å². The summed E-state index contributed by atoms with van der Waals surface area (Å²) < 4.78 is 32.2. The predicted octanol–water partition coefficient (Wildman–Crippen LogP) is 5.02. The average molecular weight is 457 g/mol. The van der Waals surface area contributed by atoms with Crippen molar-refractivity contribution in [1.82, 2.24) is 9.21 Å². The van der Waals surface area contributed by atoms with Crippen LogP contribution in [-0.4, -0.2) is 56.5 Å². The largest absolute Gasteiger partial charge is 0.490 e. The molecule has 0 amide bonds. The number of benzene rings is 2. The fourth-order valence-electron chi connectivity index (χ4n) is 5.49. The van der Waals surface area contributed by atoms with Gasteiger partial charge in [-0.1, -0.05) is 31.2 Å². The van der Waals surface area contributed by atoms with E-state index in [4.69, 9.17) is 4.74 Å². The summed E-state index contributed by atoms with van der Waals surface area (Å²) in [5.41, 5.74) is 2.38. The molecule has 1 aliphatic carbocycles. The molecule has 6 heteroatoms. The Morgan fingerprint density at radius 2 is 1.59 bits per heavy atom. The first kappa shape index (κ1) is 23.3. The van der Waals surface area contributed by atoms with Crippen molar-refractivity contribution in [2.45, 2.75) is 69.5 Å². The predicted molar refractivity (Wildman–Crippen MR) is 129 cm³/mol. The normalized spacial score (nSPS) is 26.5. The van der Waals surface area contributed by atoms with Crippen LogP contribution in [0.2, 0.25) is 0 Å². The standard InChI is InChI=1S/C26H36N2O3S/c1-19(2)28-17-16-26(3)18-23(12-15-25(26)28)31-22-10-6-20(7-11-22)21-8-13-24(14-9-21)32(29,30)27(4)5/h6-11,13-14,19,23,25H,12,15-18H2,1-5H3. The molecule has 1 aliphatic heterocycles. The number of sulfonamides is 1. The fraction of sp³-hybridized carbons (Fsp3) is 0.538. The Hall–Kier alpha value is -1.89. The molecule has 4 rings (SSSR count). The highest BCUT2D eigenvalue weighted by Gasteiger charge is 2.48. The van der Waals surface area contributed by atoms with E-state index in [-0.39, 0.29) is 6.10 Å². The number of nitrogens with zero attached hydrogens (tertiary/aromatic N) is 2. The summed E-state index contributed by atoms with van der Waals surface area (Å²) in [5, 5.41) is 0. The van der Waals surface area contributed by atoms with Crippen molar-refractivity contribution in [2.24, 2.45) is 5.41 Å². The van der Waals surface area contributed by atoms with Gasteiger partial charge in [-0.3, -0.25) is 4.90 Å². The summed E-state index contributed by atoms with van der Waals surface area (Å²) in [4.78, 5) is 2.98. The number of hydrogen-bond donors (Lipinski definition) is 0. The third-order valence-electron chi connectivity index (χ3n) is 7.39. The van der Waals surface area contributed by atoms with Gasteiger partial charge in [0.1, 0.15) is 5.75 Å². The second kappa shape index (κ2) is 8.81. The van der Waals surface area contributed by atoms with Gasteiger partial charge in [0.05, 0.1) is 11.0 Å². The molecule has 2 aromatic rings. The third-order valence-corrected chi connectivity index (χ3v) is 9.22. The highest BCUT2D eigenvalue weighted by atomic mass is 32.2. The van der Waals surface area contributed by atoms with Gasteiger partial charge in [0.25, 0.3) is 0 Å². The maximum Gasteiger partial charge on any atom is 0.242 e. The minimum atomic E-state index is -3.41. The van der Waals surface area contributed by atoms with Gasteiger partial charge in [0.15, 0.2) is 0 Å². The monoisotopic (exact) mass is 456 g/mol. The van der Waals surface area contributed by atoms with Gasteiger partial charge in [0.2, 0.25) is 10.0 Å². The molecule has 1 saturated carbocycles. The van der Waals surface area contributed by atoms with Crippen molar-refractivity contribution in [3.63, 3.8) is 0 Å². The molecule has 174 valence electrons. The van der Waals surface area contributed by atoms with Gasteiger partial charge in [0, 0.05) is 26.2 Å². The van der Waals surface area contributed by atoms with Crippen molar-refractivity contribution < 1.29 is 13.2 Å². The van der Waals surface area contributed by atoms with E-state index in [9.17, 15) is 8.42 Å². The van der Waals surface area contributed by atoms with Crippen molar-refractivity contribution in [1.29, 1.82) is 0 Å². The average Bonchev–Trinajstić information content (AvgIpc) is 3.11. The Morgan fingerprint density at radius 1 is 1.00 bits per heavy atom. The molecule has 0 N–H and O–H groups in total. The quantitative estimate of drug-likeness (QED) is 0.612. The van der Waals surface area contributed by atoms with Crippen LogP contribution in [0.1, 0.15) is 46.5 Å². The molecule has 1 saturated heterocycles. The first-order valence-electron chi connectivity index (χ1n) is 11.7. The molecule has 2 aliphatic rings. The van der Waals surface area contributed by atoms with E-state index < -0.39 is 10.0 Å². The van der Waals surface area contributed by atoms with E-state index in [1.165, 1.54) is 23.7 Å². The van der Waals surface area contributed by atoms with E-state index in [1.807, 2.05) is 36.4 Å². The van der Waals surface area contributed by atoms with E-state index in [2.05, 4.69) is 25.7 Å². The summed E-state index contributed by atoms with van der Waals surface area (Å²) in [6.07, 6.45) is 4.95. The van der Waals surface area contributed by atoms with Crippen LogP contribution in [0, 0.1) is 5.41 Å². The highest BCUT2D eigenvalue weighted by Crippen LogP contribution is 2.48. The Morgan fingerprint density at radius 3 is 2.16 bits per heavy atom. The van der Waals surface area contributed by atoms with Crippen LogP contribution in [0.4, 0.5) is 0 Å². The molecular weight excluding hydrogens is 420 g/mol. The zero-order chi connectivity index (χ0) is 23.1. The first-order chi connectivity index (χ1) is 15.1. The smallest absolute Gasteiger partial charge is 0.242 e. The summed E-state index contributed by atoms with van der Waals surface area (Å²) in [6.45, 7) is 8.27. The van der Waals surface area contributed by atoms with Gasteiger partial charge in [-0.2, -0.15) is 0 Å². The number of ether oxygens (including phenoxy) is 1. The molecule has 0 radical (unpaired) electrons. The fourth-order valence-corrected chi connectivity index (χ4v) is 6.39. The minimum absolute atomic E-state index is 0.268. The zero-order valence-electron chi connectivity index (χ0n) is 19.9. The van der Waals surface area contributed by atoms with Gasteiger partial charge >= 0.3 is 0 Å². The summed E-state index contributed by atoms with van der Waals surface area (Å²) in [6, 6.07) is 16.5. The lowest BCUT2D eigenvalue weighted by Gasteiger charge is -2.43. The van der Waals surface area contributed by atoms with Gasteiger partial charge in [-0.15, -0.1) is 0 Å². The summed E-state index contributed by atoms with van der Waals surface area (Å²) >= 11 is 0. The van der Waals surface area contributed by atoms with Crippen LogP contribution in [0.5, 0.6) is 5.75 Å². The lowest BCUT2D eigenvalue weighted by Crippen LogP contribution is -2.47. The van der Waals surface area contributed by atoms with Crippen molar-refractivity contribution >= 4 is 10.0 Å². The maximum absolute atomic E-state index is 12.3. The Bertz CT molecular complexity index is 1030. The number of likely N-dealkylation sites (tertiary alicyclic amines) is 1. The molecule has 0 bridgehead atoms. The minimum Gasteiger partial charge on any atom is -0.490 e. The summed E-state index contributed by atoms with van der Waals surface area (Å²) in [7, 11) is -0.321. The number of fused-ring (bicyclic) bond motifs is 1. The molecule has 5 nitrogen and oxygen atoms in total. The molecule has 2 fully saturated rings. The topological polar surface area (TPSA) is 49.9 Å². The van der Waals surface area contributed by atoms with Crippen LogP contribution in [0.3, 0.4) is 0 Å². The van der Waals surface area contributed by atoms with Gasteiger partial charge < -0.3 is 4.74 Å². The molecular formula is C26H36N2O3S. The lowest BCUT2D eigenvalue weighted by atomic mass is 9.70. The molecule has 3 atom stereocenters. The molecule has 32 heavy (non-hydrogen) atoms. The summed E-state index contributed by atoms with van der Waals surface area (Å²) in [5.74, 6) is 0.909. The molecule has 0 aromatic heterocycles. The second-order valence-corrected chi connectivity index (χ2v) is 12.3. The highest BCUT2D eigenvalue weighted by molar-refractivity contribution is 7.89. The van der Waals surface area contributed by atoms with Crippen molar-refractivity contribution in [3.05, 3.63) is 48.5 Å². The van der Waals surface area contributed by atoms with Crippen LogP contribution in [-0.2, 0) is 10.0 Å². The van der Waals surface area contributed by atoms with E-state index in [0.29, 0.717) is 22.4 Å². The molecule has 0 spiro atoms. The van der Waals surface area contributed by atoms with Crippen molar-refractivity contribution in [2.75, 3.05) is 20.6 Å². The van der Waals surface area contributed by atoms with E-state index in [0.717, 1.165) is 29.7 Å². The van der Waals surface area contributed by atoms with Gasteiger partial charge in [-0.25, -0.2) is 12.7 Å². The SMILES string of the molecule is CC(C)N1CCC2(C)CC(Oc3ccc(-c4ccc(S(=O)(=O)N(C)C)cc4)cc3)CCC12. The lowest BCUT2D eigenvalue weighted by molar-refractivity contribution is 0.0274. The van der Waals surface area contributed by atoms with Crippen LogP contribution < -0.4 is 4.74 Å². The Kier molecular flexibility index (Phi) is 6.40. The second-order valence-electron chi connectivity index (χ2n) is 10.1. The third kappa shape index (κ3) is 4.45. The van der Waals surface area contributed by atoms with Crippen LogP contribution in [0.15, 0.2) is 53.4 Å². The Balaban J connectivity index is 1.41. The Labute approximate surface area is 193 Å². The molecule has 3 unspecified atom stereocenters. The molecule has 1 heterocycles.